The van der Waals surface area contributed by atoms with Gasteiger partial charge in [-0.15, -0.1) is 0 Å². The molecule has 0 heterocycles. The van der Waals surface area contributed by atoms with Crippen LogP contribution < -0.4 is 9.47 Å². The van der Waals surface area contributed by atoms with E-state index in [9.17, 15) is 0 Å². The van der Waals surface area contributed by atoms with Crippen LogP contribution in [0.2, 0.25) is 0 Å². The van der Waals surface area contributed by atoms with Gasteiger partial charge in [-0.2, -0.15) is 0 Å². The van der Waals surface area contributed by atoms with E-state index in [1.807, 2.05) is 48.5 Å². The fourth-order valence-corrected chi connectivity index (χ4v) is 1.22. The number of methoxy groups -OCH3 is 1. The Balaban J connectivity index is 2.11. The molecule has 0 saturated carbocycles. The third-order valence-corrected chi connectivity index (χ3v) is 1.98. The number of hydrogen-bond acceptors (Lipinski definition) is 2. The first-order chi connectivity index (χ1) is 7.38. The summed E-state index contributed by atoms with van der Waals surface area (Å²) < 4.78 is 10.7. The summed E-state index contributed by atoms with van der Waals surface area (Å²) in [6, 6.07) is 17.8. The standard InChI is InChI=1S/C13H11O2/c1-14-11-7-9-13(10-8-11)15-12-5-3-2-4-6-12/h3-10H,1H3. The van der Waals surface area contributed by atoms with Crippen molar-refractivity contribution < 1.29 is 9.47 Å². The fourth-order valence-electron chi connectivity index (χ4n) is 1.22. The molecule has 2 aromatic rings. The highest BCUT2D eigenvalue weighted by atomic mass is 16.5. The molecule has 2 heteroatoms. The first-order valence-corrected chi connectivity index (χ1v) is 4.66. The molecule has 0 aliphatic rings. The minimum Gasteiger partial charge on any atom is -0.497 e. The molecule has 15 heavy (non-hydrogen) atoms. The molecule has 75 valence electrons. The highest BCUT2D eigenvalue weighted by Gasteiger charge is 1.96. The van der Waals surface area contributed by atoms with E-state index in [4.69, 9.17) is 9.47 Å². The fraction of sp³-hybridized carbons (Fsp3) is 0.0769. The zero-order valence-corrected chi connectivity index (χ0v) is 8.44. The van der Waals surface area contributed by atoms with Crippen molar-refractivity contribution in [2.24, 2.45) is 0 Å². The number of hydrogen-bond donors (Lipinski definition) is 0. The zero-order chi connectivity index (χ0) is 10.5. The third kappa shape index (κ3) is 2.50. The maximum absolute atomic E-state index is 5.60. The first-order valence-electron chi connectivity index (χ1n) is 4.66. The molecule has 0 aliphatic carbocycles. The van der Waals surface area contributed by atoms with Crippen molar-refractivity contribution in [3.63, 3.8) is 0 Å². The Morgan fingerprint density at radius 3 is 1.93 bits per heavy atom. The number of rotatable bonds is 3. The predicted octanol–water partition coefficient (Wildman–Crippen LogP) is 3.29. The molecule has 2 aromatic carbocycles. The quantitative estimate of drug-likeness (QED) is 0.755. The summed E-state index contributed by atoms with van der Waals surface area (Å²) in [5, 5.41) is 0. The van der Waals surface area contributed by atoms with Crippen LogP contribution in [-0.2, 0) is 0 Å². The van der Waals surface area contributed by atoms with Crippen LogP contribution in [0, 0.1) is 6.07 Å². The molecular formula is C13H11O2. The molecule has 0 N–H and O–H groups in total. The van der Waals surface area contributed by atoms with Gasteiger partial charge in [0.25, 0.3) is 0 Å². The molecule has 0 fully saturated rings. The van der Waals surface area contributed by atoms with Crippen molar-refractivity contribution >= 4 is 0 Å². The second-order valence-corrected chi connectivity index (χ2v) is 3.01. The zero-order valence-electron chi connectivity index (χ0n) is 8.44. The van der Waals surface area contributed by atoms with Crippen LogP contribution in [0.5, 0.6) is 17.2 Å². The van der Waals surface area contributed by atoms with Gasteiger partial charge in [-0.3, -0.25) is 0 Å². The molecule has 0 bridgehead atoms. The first kappa shape index (κ1) is 9.59. The Hall–Kier alpha value is -1.96. The Morgan fingerprint density at radius 1 is 0.800 bits per heavy atom. The van der Waals surface area contributed by atoms with Crippen LogP contribution in [0.3, 0.4) is 0 Å². The summed E-state index contributed by atoms with van der Waals surface area (Å²) in [6.45, 7) is 0. The minimum absolute atomic E-state index is 0.794. The van der Waals surface area contributed by atoms with Crippen LogP contribution in [0.15, 0.2) is 48.5 Å². The minimum atomic E-state index is 0.794. The molecule has 0 aromatic heterocycles. The maximum Gasteiger partial charge on any atom is 0.127 e. The van der Waals surface area contributed by atoms with Crippen molar-refractivity contribution in [2.75, 3.05) is 7.11 Å². The Morgan fingerprint density at radius 2 is 1.33 bits per heavy atom. The van der Waals surface area contributed by atoms with Crippen LogP contribution in [0.25, 0.3) is 0 Å². The Bertz CT molecular complexity index is 406. The SMILES string of the molecule is COc1ccc(Oc2cc[c]cc2)cc1. The van der Waals surface area contributed by atoms with Crippen molar-refractivity contribution in [3.05, 3.63) is 54.6 Å². The summed E-state index contributed by atoms with van der Waals surface area (Å²) in [6.07, 6.45) is 0. The average molecular weight is 199 g/mol. The molecule has 2 nitrogen and oxygen atoms in total. The largest absolute Gasteiger partial charge is 0.497 e. The topological polar surface area (TPSA) is 18.5 Å². The van der Waals surface area contributed by atoms with E-state index < -0.39 is 0 Å². The lowest BCUT2D eigenvalue weighted by Gasteiger charge is -2.05. The van der Waals surface area contributed by atoms with Crippen LogP contribution >= 0.6 is 0 Å². The molecule has 0 atom stereocenters. The lowest BCUT2D eigenvalue weighted by atomic mass is 10.3. The molecule has 0 amide bonds. The molecule has 0 unspecified atom stereocenters. The van der Waals surface area contributed by atoms with Gasteiger partial charge in [0.1, 0.15) is 17.2 Å². The van der Waals surface area contributed by atoms with Crippen LogP contribution in [0.1, 0.15) is 0 Å². The maximum atomic E-state index is 5.60. The highest BCUT2D eigenvalue weighted by molar-refractivity contribution is 5.34. The molecule has 0 saturated heterocycles. The van der Waals surface area contributed by atoms with Gasteiger partial charge in [-0.25, -0.2) is 0 Å². The predicted molar refractivity (Wildman–Crippen MR) is 58.3 cm³/mol. The summed E-state index contributed by atoms with van der Waals surface area (Å²) in [4.78, 5) is 0. The Labute approximate surface area is 89.1 Å². The van der Waals surface area contributed by atoms with E-state index in [-0.39, 0.29) is 0 Å². The van der Waals surface area contributed by atoms with E-state index in [0.29, 0.717) is 0 Å². The lowest BCUT2D eigenvalue weighted by molar-refractivity contribution is 0.413. The van der Waals surface area contributed by atoms with Gasteiger partial charge < -0.3 is 9.47 Å². The lowest BCUT2D eigenvalue weighted by Crippen LogP contribution is -1.85. The van der Waals surface area contributed by atoms with Crippen molar-refractivity contribution in [2.45, 2.75) is 0 Å². The van der Waals surface area contributed by atoms with Gasteiger partial charge >= 0.3 is 0 Å². The molecule has 0 aliphatic heterocycles. The number of benzene rings is 2. The second-order valence-electron chi connectivity index (χ2n) is 3.01. The van der Waals surface area contributed by atoms with Crippen molar-refractivity contribution in [3.8, 4) is 17.2 Å². The van der Waals surface area contributed by atoms with Crippen LogP contribution in [-0.4, -0.2) is 7.11 Å². The van der Waals surface area contributed by atoms with E-state index in [2.05, 4.69) is 6.07 Å². The molecule has 0 spiro atoms. The summed E-state index contributed by atoms with van der Waals surface area (Å²) in [5.41, 5.74) is 0. The second kappa shape index (κ2) is 4.51. The monoisotopic (exact) mass is 199 g/mol. The highest BCUT2D eigenvalue weighted by Crippen LogP contribution is 2.22. The smallest absolute Gasteiger partial charge is 0.127 e. The van der Waals surface area contributed by atoms with Gasteiger partial charge in [0.15, 0.2) is 0 Å². The summed E-state index contributed by atoms with van der Waals surface area (Å²) in [7, 11) is 1.64. The third-order valence-electron chi connectivity index (χ3n) is 1.98. The summed E-state index contributed by atoms with van der Waals surface area (Å²) in [5.74, 6) is 2.42. The average Bonchev–Trinajstić information content (AvgIpc) is 2.31. The van der Waals surface area contributed by atoms with Gasteiger partial charge in [-0.05, 0) is 42.5 Å². The molecular weight excluding hydrogens is 188 g/mol. The Kier molecular flexibility index (Phi) is 2.88. The van der Waals surface area contributed by atoms with Crippen molar-refractivity contribution in [1.82, 2.24) is 0 Å². The normalized spacial score (nSPS) is 9.67. The van der Waals surface area contributed by atoms with Gasteiger partial charge in [-0.1, -0.05) is 12.1 Å². The van der Waals surface area contributed by atoms with Crippen molar-refractivity contribution in [1.29, 1.82) is 0 Å². The van der Waals surface area contributed by atoms with E-state index >= 15 is 0 Å². The van der Waals surface area contributed by atoms with E-state index in [1.54, 1.807) is 7.11 Å². The van der Waals surface area contributed by atoms with E-state index in [1.165, 1.54) is 0 Å². The molecule has 2 rings (SSSR count). The van der Waals surface area contributed by atoms with Gasteiger partial charge in [0.2, 0.25) is 0 Å². The van der Waals surface area contributed by atoms with Crippen LogP contribution in [0.4, 0.5) is 0 Å². The van der Waals surface area contributed by atoms with Gasteiger partial charge in [0.05, 0.1) is 7.11 Å². The van der Waals surface area contributed by atoms with E-state index in [0.717, 1.165) is 17.2 Å². The molecule has 1 radical (unpaired) electrons. The summed E-state index contributed by atoms with van der Waals surface area (Å²) >= 11 is 0. The number of ether oxygens (including phenoxy) is 2. The van der Waals surface area contributed by atoms with Gasteiger partial charge in [0, 0.05) is 0 Å².